The summed E-state index contributed by atoms with van der Waals surface area (Å²) < 4.78 is 6.02. The van der Waals surface area contributed by atoms with Crippen LogP contribution in [-0.2, 0) is 4.74 Å². The van der Waals surface area contributed by atoms with Crippen molar-refractivity contribution in [1.82, 2.24) is 5.32 Å². The first-order valence-electron chi connectivity index (χ1n) is 8.78. The number of rotatable bonds is 5. The lowest BCUT2D eigenvalue weighted by molar-refractivity contribution is 0.0291. The summed E-state index contributed by atoms with van der Waals surface area (Å²) in [4.78, 5) is 0. The van der Waals surface area contributed by atoms with E-state index in [1.807, 2.05) is 0 Å². The Kier molecular flexibility index (Phi) is 5.32. The summed E-state index contributed by atoms with van der Waals surface area (Å²) in [5.41, 5.74) is 3.04. The van der Waals surface area contributed by atoms with E-state index in [1.54, 1.807) is 0 Å². The van der Waals surface area contributed by atoms with Gasteiger partial charge in [0.25, 0.3) is 0 Å². The second kappa shape index (κ2) is 7.42. The summed E-state index contributed by atoms with van der Waals surface area (Å²) in [6, 6.07) is 9.46. The Hall–Kier alpha value is -0.860. The van der Waals surface area contributed by atoms with Crippen LogP contribution in [0.2, 0.25) is 0 Å². The van der Waals surface area contributed by atoms with E-state index in [1.165, 1.54) is 56.1 Å². The van der Waals surface area contributed by atoms with Gasteiger partial charge in [0.2, 0.25) is 0 Å². The highest BCUT2D eigenvalue weighted by molar-refractivity contribution is 5.34. The van der Waals surface area contributed by atoms with E-state index in [-0.39, 0.29) is 0 Å². The Labute approximate surface area is 129 Å². The fraction of sp³-hybridized carbons (Fsp3) is 0.684. The Balaban J connectivity index is 1.46. The van der Waals surface area contributed by atoms with Crippen molar-refractivity contribution in [1.29, 1.82) is 0 Å². The molecule has 1 N–H and O–H groups in total. The smallest absolute Gasteiger partial charge is 0.0594 e. The minimum absolute atomic E-state index is 0.521. The number of ether oxygens (including phenoxy) is 1. The van der Waals surface area contributed by atoms with Crippen molar-refractivity contribution in [3.63, 3.8) is 0 Å². The summed E-state index contributed by atoms with van der Waals surface area (Å²) in [5, 5.41) is 3.71. The van der Waals surface area contributed by atoms with Gasteiger partial charge >= 0.3 is 0 Å². The van der Waals surface area contributed by atoms with Gasteiger partial charge in [0.1, 0.15) is 0 Å². The van der Waals surface area contributed by atoms with Gasteiger partial charge in [-0.3, -0.25) is 0 Å². The molecule has 0 heterocycles. The van der Waals surface area contributed by atoms with Crippen molar-refractivity contribution in [3.05, 3.63) is 35.4 Å². The lowest BCUT2D eigenvalue weighted by Gasteiger charge is -2.30. The van der Waals surface area contributed by atoms with E-state index >= 15 is 0 Å². The molecule has 2 aliphatic rings. The maximum absolute atomic E-state index is 6.02. The van der Waals surface area contributed by atoms with Gasteiger partial charge in [-0.05, 0) is 42.7 Å². The molecule has 1 saturated carbocycles. The highest BCUT2D eigenvalue weighted by atomic mass is 16.5. The molecule has 0 saturated heterocycles. The number of hydrogen-bond acceptors (Lipinski definition) is 2. The summed E-state index contributed by atoms with van der Waals surface area (Å²) >= 11 is 0. The maximum atomic E-state index is 6.02. The van der Waals surface area contributed by atoms with Crippen LogP contribution in [-0.4, -0.2) is 19.3 Å². The SMILES string of the molecule is CC1CCC(NCCOC2CCCCC2)c2ccccc21. The molecule has 21 heavy (non-hydrogen) atoms. The maximum Gasteiger partial charge on any atom is 0.0594 e. The third kappa shape index (κ3) is 3.87. The van der Waals surface area contributed by atoms with Crippen molar-refractivity contribution in [2.45, 2.75) is 69.9 Å². The fourth-order valence-corrected chi connectivity index (χ4v) is 3.91. The van der Waals surface area contributed by atoms with E-state index < -0.39 is 0 Å². The highest BCUT2D eigenvalue weighted by Gasteiger charge is 2.23. The number of hydrogen-bond donors (Lipinski definition) is 1. The Morgan fingerprint density at radius 3 is 2.57 bits per heavy atom. The van der Waals surface area contributed by atoms with Crippen molar-refractivity contribution in [2.75, 3.05) is 13.2 Å². The largest absolute Gasteiger partial charge is 0.377 e. The third-order valence-electron chi connectivity index (χ3n) is 5.19. The van der Waals surface area contributed by atoms with Gasteiger partial charge in [0.05, 0.1) is 12.7 Å². The summed E-state index contributed by atoms with van der Waals surface area (Å²) in [6.45, 7) is 4.18. The molecule has 3 rings (SSSR count). The number of fused-ring (bicyclic) bond motifs is 1. The molecule has 1 fully saturated rings. The molecule has 0 amide bonds. The average molecular weight is 287 g/mol. The second-order valence-electron chi connectivity index (χ2n) is 6.74. The second-order valence-corrected chi connectivity index (χ2v) is 6.74. The molecule has 2 atom stereocenters. The molecule has 0 radical (unpaired) electrons. The quantitative estimate of drug-likeness (QED) is 0.801. The molecule has 0 aliphatic heterocycles. The molecule has 1 aromatic carbocycles. The molecule has 0 spiro atoms. The van der Waals surface area contributed by atoms with Crippen LogP contribution in [0.25, 0.3) is 0 Å². The monoisotopic (exact) mass is 287 g/mol. The van der Waals surface area contributed by atoms with Gasteiger partial charge in [-0.15, -0.1) is 0 Å². The van der Waals surface area contributed by atoms with Crippen LogP contribution < -0.4 is 5.32 Å². The molecule has 0 bridgehead atoms. The van der Waals surface area contributed by atoms with Crippen LogP contribution in [0.5, 0.6) is 0 Å². The third-order valence-corrected chi connectivity index (χ3v) is 5.19. The first kappa shape index (κ1) is 15.1. The molecule has 2 heteroatoms. The molecule has 1 aromatic rings. The van der Waals surface area contributed by atoms with Gasteiger partial charge in [-0.1, -0.05) is 50.5 Å². The van der Waals surface area contributed by atoms with Crippen LogP contribution in [0.15, 0.2) is 24.3 Å². The van der Waals surface area contributed by atoms with Gasteiger partial charge in [0.15, 0.2) is 0 Å². The van der Waals surface area contributed by atoms with E-state index in [4.69, 9.17) is 4.74 Å². The van der Waals surface area contributed by atoms with Crippen molar-refractivity contribution in [3.8, 4) is 0 Å². The van der Waals surface area contributed by atoms with Gasteiger partial charge in [0, 0.05) is 12.6 Å². The average Bonchev–Trinajstić information content (AvgIpc) is 2.55. The molecule has 116 valence electrons. The highest BCUT2D eigenvalue weighted by Crippen LogP contribution is 2.36. The lowest BCUT2D eigenvalue weighted by atomic mass is 9.81. The predicted octanol–water partition coefficient (Wildman–Crippen LogP) is 4.56. The van der Waals surface area contributed by atoms with Crippen LogP contribution in [0.3, 0.4) is 0 Å². The van der Waals surface area contributed by atoms with Crippen LogP contribution in [0.1, 0.15) is 75.0 Å². The van der Waals surface area contributed by atoms with Gasteiger partial charge < -0.3 is 10.1 Å². The van der Waals surface area contributed by atoms with E-state index in [0.29, 0.717) is 18.1 Å². The molecule has 2 unspecified atom stereocenters. The minimum Gasteiger partial charge on any atom is -0.377 e. The molecular weight excluding hydrogens is 258 g/mol. The Bertz CT molecular complexity index is 439. The molecule has 0 aromatic heterocycles. The standard InChI is InChI=1S/C19H29NO/c1-15-11-12-19(18-10-6-5-9-17(15)18)20-13-14-21-16-7-3-2-4-8-16/h5-6,9-10,15-16,19-20H,2-4,7-8,11-14H2,1H3. The zero-order chi connectivity index (χ0) is 14.5. The Morgan fingerprint density at radius 2 is 1.76 bits per heavy atom. The minimum atomic E-state index is 0.521. The summed E-state index contributed by atoms with van der Waals surface area (Å²) in [6.07, 6.45) is 9.71. The summed E-state index contributed by atoms with van der Waals surface area (Å²) in [7, 11) is 0. The first-order chi connectivity index (χ1) is 10.3. The topological polar surface area (TPSA) is 21.3 Å². The van der Waals surface area contributed by atoms with Gasteiger partial charge in [-0.25, -0.2) is 0 Å². The fourth-order valence-electron chi connectivity index (χ4n) is 3.91. The van der Waals surface area contributed by atoms with Crippen molar-refractivity contribution < 1.29 is 4.74 Å². The van der Waals surface area contributed by atoms with Crippen LogP contribution in [0, 0.1) is 0 Å². The number of benzene rings is 1. The van der Waals surface area contributed by atoms with E-state index in [9.17, 15) is 0 Å². The first-order valence-corrected chi connectivity index (χ1v) is 8.78. The molecular formula is C19H29NO. The Morgan fingerprint density at radius 1 is 1.00 bits per heavy atom. The molecule has 2 aliphatic carbocycles. The zero-order valence-corrected chi connectivity index (χ0v) is 13.3. The van der Waals surface area contributed by atoms with Crippen molar-refractivity contribution in [2.24, 2.45) is 0 Å². The lowest BCUT2D eigenvalue weighted by Crippen LogP contribution is -2.30. The van der Waals surface area contributed by atoms with Crippen LogP contribution >= 0.6 is 0 Å². The van der Waals surface area contributed by atoms with Crippen LogP contribution in [0.4, 0.5) is 0 Å². The number of nitrogens with one attached hydrogen (secondary N) is 1. The van der Waals surface area contributed by atoms with E-state index in [2.05, 4.69) is 36.5 Å². The predicted molar refractivity (Wildman–Crippen MR) is 87.7 cm³/mol. The normalized spacial score (nSPS) is 26.5. The molecule has 2 nitrogen and oxygen atoms in total. The van der Waals surface area contributed by atoms with E-state index in [0.717, 1.165) is 13.2 Å². The van der Waals surface area contributed by atoms with Gasteiger partial charge in [-0.2, -0.15) is 0 Å². The summed E-state index contributed by atoms with van der Waals surface area (Å²) in [5.74, 6) is 0.706. The zero-order valence-electron chi connectivity index (χ0n) is 13.3. The van der Waals surface area contributed by atoms with Crippen molar-refractivity contribution >= 4 is 0 Å².